The highest BCUT2D eigenvalue weighted by Crippen LogP contribution is 2.12. The molecule has 0 bridgehead atoms. The Kier molecular flexibility index (Phi) is 4.63. The van der Waals surface area contributed by atoms with Crippen molar-refractivity contribution in [3.05, 3.63) is 35.4 Å². The van der Waals surface area contributed by atoms with Crippen LogP contribution in [0.4, 0.5) is 4.79 Å². The molecule has 1 amide bonds. The number of ether oxygens (including phenoxy) is 1. The monoisotopic (exact) mass is 265 g/mol. The molecule has 1 aromatic carbocycles. The lowest BCUT2D eigenvalue weighted by Crippen LogP contribution is -2.38. The van der Waals surface area contributed by atoms with Gasteiger partial charge in [0.25, 0.3) is 0 Å². The van der Waals surface area contributed by atoms with Crippen molar-refractivity contribution in [2.45, 2.75) is 32.9 Å². The second kappa shape index (κ2) is 5.81. The zero-order chi connectivity index (χ0) is 14.6. The van der Waals surface area contributed by atoms with Gasteiger partial charge in [0.1, 0.15) is 5.60 Å². The molecular formula is C13H19N3O3. The van der Waals surface area contributed by atoms with E-state index in [4.69, 9.17) is 15.9 Å². The van der Waals surface area contributed by atoms with Gasteiger partial charge in [-0.05, 0) is 26.3 Å². The highest BCUT2D eigenvalue weighted by atomic mass is 16.6. The Morgan fingerprint density at radius 1 is 1.37 bits per heavy atom. The van der Waals surface area contributed by atoms with Gasteiger partial charge in [0.15, 0.2) is 5.84 Å². The van der Waals surface area contributed by atoms with Crippen molar-refractivity contribution < 1.29 is 14.7 Å². The third-order valence-corrected chi connectivity index (χ3v) is 2.24. The summed E-state index contributed by atoms with van der Waals surface area (Å²) in [5.41, 5.74) is 6.03. The summed E-state index contributed by atoms with van der Waals surface area (Å²) < 4.78 is 4.96. The number of rotatable bonds is 2. The maximum atomic E-state index is 11.6. The van der Waals surface area contributed by atoms with Crippen LogP contribution in [0, 0.1) is 5.41 Å². The number of hydrogen-bond donors (Lipinski definition) is 3. The summed E-state index contributed by atoms with van der Waals surface area (Å²) in [4.78, 5) is 11.6. The number of benzene rings is 1. The van der Waals surface area contributed by atoms with Gasteiger partial charge >= 0.3 is 6.09 Å². The Hall–Kier alpha value is -1.92. The fourth-order valence-electron chi connectivity index (χ4n) is 1.32. The number of carbonyl (C=O) groups excluding carboxylic acids is 1. The van der Waals surface area contributed by atoms with Crippen molar-refractivity contribution in [2.75, 3.05) is 0 Å². The minimum absolute atomic E-state index is 0.183. The lowest BCUT2D eigenvalue weighted by molar-refractivity contribution is -0.0467. The third-order valence-electron chi connectivity index (χ3n) is 2.24. The van der Waals surface area contributed by atoms with Crippen LogP contribution in [0.1, 0.15) is 31.9 Å². The quantitative estimate of drug-likeness (QED) is 0.330. The third kappa shape index (κ3) is 4.35. The Labute approximate surface area is 112 Å². The number of carbonyl (C=O) groups is 1. The molecule has 0 aromatic heterocycles. The SMILES string of the molecule is CC(C)(C)OC(=O)N(O)C(=N)c1ccc(CN)cc1. The summed E-state index contributed by atoms with van der Waals surface area (Å²) in [5, 5.41) is 17.6. The summed E-state index contributed by atoms with van der Waals surface area (Å²) >= 11 is 0. The molecule has 4 N–H and O–H groups in total. The maximum Gasteiger partial charge on any atom is 0.440 e. The standard InChI is InChI=1S/C13H19N3O3/c1-13(2,3)19-12(17)16(18)11(15)10-6-4-9(8-14)5-7-10/h4-7,15,18H,8,14H2,1-3H3. The fraction of sp³-hybridized carbons (Fsp3) is 0.385. The van der Waals surface area contributed by atoms with Gasteiger partial charge in [0, 0.05) is 12.1 Å². The highest BCUT2D eigenvalue weighted by molar-refractivity contribution is 6.03. The zero-order valence-corrected chi connectivity index (χ0v) is 11.3. The summed E-state index contributed by atoms with van der Waals surface area (Å²) in [6.45, 7) is 5.43. The van der Waals surface area contributed by atoms with Gasteiger partial charge in [0.05, 0.1) is 0 Å². The molecule has 6 heteroatoms. The smallest absolute Gasteiger partial charge is 0.440 e. The normalized spacial score (nSPS) is 11.0. The molecule has 104 valence electrons. The van der Waals surface area contributed by atoms with Gasteiger partial charge in [0.2, 0.25) is 0 Å². The van der Waals surface area contributed by atoms with Crippen LogP contribution < -0.4 is 5.73 Å². The molecule has 19 heavy (non-hydrogen) atoms. The molecule has 0 saturated carbocycles. The molecular weight excluding hydrogens is 246 g/mol. The van der Waals surface area contributed by atoms with E-state index < -0.39 is 11.7 Å². The lowest BCUT2D eigenvalue weighted by Gasteiger charge is -2.23. The lowest BCUT2D eigenvalue weighted by atomic mass is 10.1. The Morgan fingerprint density at radius 3 is 2.32 bits per heavy atom. The van der Waals surface area contributed by atoms with Crippen LogP contribution in [0.15, 0.2) is 24.3 Å². The summed E-state index contributed by atoms with van der Waals surface area (Å²) in [5.74, 6) is -0.349. The minimum Gasteiger partial charge on any atom is -0.442 e. The average molecular weight is 265 g/mol. The summed E-state index contributed by atoms with van der Waals surface area (Å²) in [7, 11) is 0. The Morgan fingerprint density at radius 2 is 1.89 bits per heavy atom. The first-order valence-electron chi connectivity index (χ1n) is 5.84. The molecule has 0 radical (unpaired) electrons. The van der Waals surface area contributed by atoms with Crippen molar-refractivity contribution >= 4 is 11.9 Å². The van der Waals surface area contributed by atoms with Gasteiger partial charge in [-0.3, -0.25) is 10.6 Å². The van der Waals surface area contributed by atoms with E-state index in [1.54, 1.807) is 45.0 Å². The molecule has 0 aliphatic carbocycles. The van der Waals surface area contributed by atoms with E-state index in [2.05, 4.69) is 0 Å². The van der Waals surface area contributed by atoms with E-state index in [1.807, 2.05) is 0 Å². The van der Waals surface area contributed by atoms with E-state index in [1.165, 1.54) is 0 Å². The second-order valence-electron chi connectivity index (χ2n) is 5.04. The van der Waals surface area contributed by atoms with Crippen molar-refractivity contribution in [1.82, 2.24) is 5.06 Å². The van der Waals surface area contributed by atoms with Crippen LogP contribution >= 0.6 is 0 Å². The number of hydrogen-bond acceptors (Lipinski definition) is 5. The fourth-order valence-corrected chi connectivity index (χ4v) is 1.32. The number of nitrogens with two attached hydrogens (primary N) is 1. The highest BCUT2D eigenvalue weighted by Gasteiger charge is 2.24. The van der Waals surface area contributed by atoms with Crippen LogP contribution in [-0.2, 0) is 11.3 Å². The number of amidine groups is 1. The zero-order valence-electron chi connectivity index (χ0n) is 11.3. The largest absolute Gasteiger partial charge is 0.442 e. The molecule has 0 spiro atoms. The van der Waals surface area contributed by atoms with E-state index in [0.29, 0.717) is 12.1 Å². The number of nitrogens with one attached hydrogen (secondary N) is 1. The number of hydroxylamine groups is 2. The van der Waals surface area contributed by atoms with Gasteiger partial charge in [-0.25, -0.2) is 4.79 Å². The topological polar surface area (TPSA) is 99.6 Å². The predicted molar refractivity (Wildman–Crippen MR) is 71.0 cm³/mol. The van der Waals surface area contributed by atoms with Crippen molar-refractivity contribution in [3.63, 3.8) is 0 Å². The first-order chi connectivity index (χ1) is 8.74. The van der Waals surface area contributed by atoms with Crippen molar-refractivity contribution in [3.8, 4) is 0 Å². The van der Waals surface area contributed by atoms with E-state index in [-0.39, 0.29) is 10.9 Å². The average Bonchev–Trinajstić information content (AvgIpc) is 2.35. The molecule has 1 rings (SSSR count). The molecule has 0 saturated heterocycles. The molecule has 0 atom stereocenters. The predicted octanol–water partition coefficient (Wildman–Crippen LogP) is 2.10. The van der Waals surface area contributed by atoms with Gasteiger partial charge in [-0.2, -0.15) is 0 Å². The number of nitrogens with zero attached hydrogens (tertiary/aromatic N) is 1. The maximum absolute atomic E-state index is 11.6. The van der Waals surface area contributed by atoms with E-state index in [9.17, 15) is 10.0 Å². The molecule has 0 fully saturated rings. The van der Waals surface area contributed by atoms with Crippen LogP contribution in [-0.4, -0.2) is 27.8 Å². The van der Waals surface area contributed by atoms with Gasteiger partial charge in [-0.1, -0.05) is 24.3 Å². The van der Waals surface area contributed by atoms with Gasteiger partial charge in [-0.15, -0.1) is 5.06 Å². The van der Waals surface area contributed by atoms with Gasteiger partial charge < -0.3 is 10.5 Å². The molecule has 0 heterocycles. The Bertz CT molecular complexity index is 463. The minimum atomic E-state index is -0.986. The van der Waals surface area contributed by atoms with Crippen molar-refractivity contribution in [1.29, 1.82) is 5.41 Å². The van der Waals surface area contributed by atoms with Crippen LogP contribution in [0.2, 0.25) is 0 Å². The van der Waals surface area contributed by atoms with Crippen molar-refractivity contribution in [2.24, 2.45) is 5.73 Å². The van der Waals surface area contributed by atoms with Crippen LogP contribution in [0.3, 0.4) is 0 Å². The number of amides is 1. The molecule has 6 nitrogen and oxygen atoms in total. The Balaban J connectivity index is 2.78. The first-order valence-corrected chi connectivity index (χ1v) is 5.84. The molecule has 0 aliphatic rings. The summed E-state index contributed by atoms with van der Waals surface area (Å²) in [6.07, 6.45) is -0.986. The van der Waals surface area contributed by atoms with E-state index >= 15 is 0 Å². The summed E-state index contributed by atoms with van der Waals surface area (Å²) in [6, 6.07) is 6.68. The molecule has 1 aromatic rings. The van der Waals surface area contributed by atoms with E-state index in [0.717, 1.165) is 5.56 Å². The van der Waals surface area contributed by atoms with Crippen LogP contribution in [0.25, 0.3) is 0 Å². The molecule has 0 aliphatic heterocycles. The van der Waals surface area contributed by atoms with Crippen LogP contribution in [0.5, 0.6) is 0 Å². The first kappa shape index (κ1) is 15.1. The second-order valence-corrected chi connectivity index (χ2v) is 5.04. The molecule has 0 unspecified atom stereocenters.